The predicted octanol–water partition coefficient (Wildman–Crippen LogP) is 5.51. The van der Waals surface area contributed by atoms with Gasteiger partial charge in [-0.05, 0) is 48.4 Å². The Morgan fingerprint density at radius 2 is 2.14 bits per heavy atom. The molecule has 106 valence electrons. The topological polar surface area (TPSA) is 24.9 Å². The first kappa shape index (κ1) is 13.1. The zero-order valence-corrected chi connectivity index (χ0v) is 13.0. The lowest BCUT2D eigenvalue weighted by molar-refractivity contribution is 0.692. The van der Waals surface area contributed by atoms with Crippen LogP contribution in [-0.4, -0.2) is 4.98 Å². The Bertz CT molecular complexity index is 766. The van der Waals surface area contributed by atoms with Crippen molar-refractivity contribution in [2.45, 2.75) is 18.9 Å². The van der Waals surface area contributed by atoms with Crippen LogP contribution in [0.3, 0.4) is 0 Å². The van der Waals surface area contributed by atoms with Gasteiger partial charge in [0.15, 0.2) is 0 Å². The highest BCUT2D eigenvalue weighted by atomic mass is 35.5. The first-order valence-corrected chi connectivity index (χ1v) is 8.41. The fraction of sp³-hybridized carbons (Fsp3) is 0.235. The van der Waals surface area contributed by atoms with Gasteiger partial charge in [0.1, 0.15) is 0 Å². The minimum absolute atomic E-state index is 0.369. The molecule has 1 unspecified atom stereocenters. The number of hydrogen-bond acceptors (Lipinski definition) is 3. The summed E-state index contributed by atoms with van der Waals surface area (Å²) < 4.78 is 0. The molecular formula is C17H15ClN2S. The van der Waals surface area contributed by atoms with E-state index < -0.39 is 0 Å². The van der Waals surface area contributed by atoms with E-state index in [9.17, 15) is 0 Å². The van der Waals surface area contributed by atoms with E-state index in [0.29, 0.717) is 6.04 Å². The normalized spacial score (nSPS) is 16.0. The highest BCUT2D eigenvalue weighted by Crippen LogP contribution is 2.45. The lowest BCUT2D eigenvalue weighted by atomic mass is 10.1. The average molecular weight is 315 g/mol. The van der Waals surface area contributed by atoms with Gasteiger partial charge in [-0.2, -0.15) is 0 Å². The van der Waals surface area contributed by atoms with Crippen LogP contribution < -0.4 is 5.32 Å². The molecule has 4 rings (SSSR count). The quantitative estimate of drug-likeness (QED) is 0.686. The van der Waals surface area contributed by atoms with E-state index >= 15 is 0 Å². The van der Waals surface area contributed by atoms with Gasteiger partial charge in [-0.25, -0.2) is 0 Å². The second kappa shape index (κ2) is 5.32. The SMILES string of the molecule is Clc1cc(NC(c2cccs2)C2CC2)c2ncccc2c1. The molecule has 1 atom stereocenters. The van der Waals surface area contributed by atoms with Gasteiger partial charge >= 0.3 is 0 Å². The molecule has 0 spiro atoms. The fourth-order valence-corrected chi connectivity index (χ4v) is 3.85. The summed E-state index contributed by atoms with van der Waals surface area (Å²) in [6, 6.07) is 12.6. The summed E-state index contributed by atoms with van der Waals surface area (Å²) in [6.07, 6.45) is 4.42. The van der Waals surface area contributed by atoms with Crippen LogP contribution in [0.4, 0.5) is 5.69 Å². The third kappa shape index (κ3) is 2.63. The van der Waals surface area contributed by atoms with Crippen molar-refractivity contribution in [3.8, 4) is 0 Å². The van der Waals surface area contributed by atoms with Crippen molar-refractivity contribution in [1.82, 2.24) is 4.98 Å². The Hall–Kier alpha value is -1.58. The molecular weight excluding hydrogens is 300 g/mol. The van der Waals surface area contributed by atoms with Crippen molar-refractivity contribution in [2.24, 2.45) is 5.92 Å². The standard InChI is InChI=1S/C17H15ClN2S/c18-13-9-12-3-1-7-19-16(12)14(10-13)20-17(11-5-6-11)15-4-2-8-21-15/h1-4,7-11,17,20H,5-6H2. The second-order valence-electron chi connectivity index (χ2n) is 5.50. The molecule has 1 aliphatic carbocycles. The van der Waals surface area contributed by atoms with Gasteiger partial charge in [-0.1, -0.05) is 23.7 Å². The summed E-state index contributed by atoms with van der Waals surface area (Å²) in [7, 11) is 0. The van der Waals surface area contributed by atoms with E-state index in [-0.39, 0.29) is 0 Å². The van der Waals surface area contributed by atoms with E-state index in [1.807, 2.05) is 35.7 Å². The van der Waals surface area contributed by atoms with Crippen molar-refractivity contribution in [1.29, 1.82) is 0 Å². The maximum absolute atomic E-state index is 6.26. The van der Waals surface area contributed by atoms with Gasteiger partial charge in [-0.3, -0.25) is 4.98 Å². The zero-order chi connectivity index (χ0) is 14.2. The third-order valence-corrected chi connectivity index (χ3v) is 5.10. The Morgan fingerprint density at radius 3 is 2.90 bits per heavy atom. The van der Waals surface area contributed by atoms with E-state index in [1.165, 1.54) is 17.7 Å². The second-order valence-corrected chi connectivity index (χ2v) is 6.92. The summed E-state index contributed by atoms with van der Waals surface area (Å²) >= 11 is 8.07. The summed E-state index contributed by atoms with van der Waals surface area (Å²) in [4.78, 5) is 5.91. The van der Waals surface area contributed by atoms with Crippen LogP contribution in [-0.2, 0) is 0 Å². The molecule has 1 N–H and O–H groups in total. The van der Waals surface area contributed by atoms with Gasteiger partial charge in [0.25, 0.3) is 0 Å². The minimum Gasteiger partial charge on any atom is -0.375 e. The molecule has 0 saturated heterocycles. The lowest BCUT2D eigenvalue weighted by Crippen LogP contribution is -2.12. The minimum atomic E-state index is 0.369. The molecule has 1 saturated carbocycles. The van der Waals surface area contributed by atoms with E-state index in [0.717, 1.165) is 27.5 Å². The van der Waals surface area contributed by atoms with Crippen molar-refractivity contribution >= 4 is 39.5 Å². The molecule has 0 amide bonds. The van der Waals surface area contributed by atoms with Crippen molar-refractivity contribution in [3.05, 3.63) is 57.9 Å². The number of fused-ring (bicyclic) bond motifs is 1. The van der Waals surface area contributed by atoms with Gasteiger partial charge in [0.2, 0.25) is 0 Å². The van der Waals surface area contributed by atoms with Crippen molar-refractivity contribution in [3.63, 3.8) is 0 Å². The molecule has 2 aromatic heterocycles. The van der Waals surface area contributed by atoms with Gasteiger partial charge < -0.3 is 5.32 Å². The first-order chi connectivity index (χ1) is 10.3. The monoisotopic (exact) mass is 314 g/mol. The van der Waals surface area contributed by atoms with Gasteiger partial charge in [0, 0.05) is 21.5 Å². The Balaban J connectivity index is 1.76. The molecule has 3 aromatic rings. The maximum Gasteiger partial charge on any atom is 0.0934 e. The van der Waals surface area contributed by atoms with E-state index in [4.69, 9.17) is 11.6 Å². The smallest absolute Gasteiger partial charge is 0.0934 e. The number of pyridine rings is 1. The number of thiophene rings is 1. The number of hydrogen-bond donors (Lipinski definition) is 1. The predicted molar refractivity (Wildman–Crippen MR) is 90.2 cm³/mol. The summed E-state index contributed by atoms with van der Waals surface area (Å²) in [6.45, 7) is 0. The van der Waals surface area contributed by atoms with Gasteiger partial charge in [0.05, 0.1) is 17.2 Å². The van der Waals surface area contributed by atoms with Crippen molar-refractivity contribution < 1.29 is 0 Å². The molecule has 0 bridgehead atoms. The summed E-state index contributed by atoms with van der Waals surface area (Å²) in [5.41, 5.74) is 2.02. The number of benzene rings is 1. The largest absolute Gasteiger partial charge is 0.375 e. The zero-order valence-electron chi connectivity index (χ0n) is 11.4. The maximum atomic E-state index is 6.26. The van der Waals surface area contributed by atoms with E-state index in [2.05, 4.69) is 33.9 Å². The summed E-state index contributed by atoms with van der Waals surface area (Å²) in [5.74, 6) is 0.724. The molecule has 4 heteroatoms. The number of anilines is 1. The van der Waals surface area contributed by atoms with Crippen LogP contribution >= 0.6 is 22.9 Å². The van der Waals surface area contributed by atoms with Crippen LogP contribution in [0, 0.1) is 5.92 Å². The highest BCUT2D eigenvalue weighted by Gasteiger charge is 2.33. The molecule has 2 nitrogen and oxygen atoms in total. The molecule has 1 fully saturated rings. The molecule has 0 radical (unpaired) electrons. The highest BCUT2D eigenvalue weighted by molar-refractivity contribution is 7.10. The number of halogens is 1. The summed E-state index contributed by atoms with van der Waals surface area (Å²) in [5, 5.41) is 7.66. The Kier molecular flexibility index (Phi) is 3.32. The van der Waals surface area contributed by atoms with Crippen LogP contribution in [0.1, 0.15) is 23.8 Å². The molecule has 1 aromatic carbocycles. The van der Waals surface area contributed by atoms with Crippen LogP contribution in [0.5, 0.6) is 0 Å². The number of rotatable bonds is 4. The Morgan fingerprint density at radius 1 is 1.24 bits per heavy atom. The third-order valence-electron chi connectivity index (χ3n) is 3.92. The molecule has 2 heterocycles. The number of nitrogens with one attached hydrogen (secondary N) is 1. The Labute approximate surface area is 132 Å². The number of aromatic nitrogens is 1. The molecule has 0 aliphatic heterocycles. The van der Waals surface area contributed by atoms with Gasteiger partial charge in [-0.15, -0.1) is 11.3 Å². The van der Waals surface area contributed by atoms with Crippen LogP contribution in [0.2, 0.25) is 5.02 Å². The number of nitrogens with zero attached hydrogens (tertiary/aromatic N) is 1. The molecule has 1 aliphatic rings. The lowest BCUT2D eigenvalue weighted by Gasteiger charge is -2.19. The average Bonchev–Trinajstić information content (AvgIpc) is 3.18. The van der Waals surface area contributed by atoms with Crippen LogP contribution in [0.15, 0.2) is 48.0 Å². The van der Waals surface area contributed by atoms with Crippen LogP contribution in [0.25, 0.3) is 10.9 Å². The fourth-order valence-electron chi connectivity index (χ4n) is 2.75. The first-order valence-electron chi connectivity index (χ1n) is 7.15. The molecule has 21 heavy (non-hydrogen) atoms. The van der Waals surface area contributed by atoms with Crippen molar-refractivity contribution in [2.75, 3.05) is 5.32 Å². The van der Waals surface area contributed by atoms with E-state index in [1.54, 1.807) is 0 Å².